The van der Waals surface area contributed by atoms with Crippen molar-refractivity contribution in [3.8, 4) is 17.5 Å². The minimum atomic E-state index is -0.758. The molecule has 0 spiro atoms. The third-order valence-electron chi connectivity index (χ3n) is 3.01. The van der Waals surface area contributed by atoms with Gasteiger partial charge in [0.2, 0.25) is 0 Å². The lowest BCUT2D eigenvalue weighted by Crippen LogP contribution is -2.11. The van der Waals surface area contributed by atoms with Crippen LogP contribution in [0.1, 0.15) is 16.1 Å². The van der Waals surface area contributed by atoms with Gasteiger partial charge < -0.3 is 19.8 Å². The number of anilines is 1. The summed E-state index contributed by atoms with van der Waals surface area (Å²) in [7, 11) is 2.46. The second-order valence-electron chi connectivity index (χ2n) is 4.22. The number of hydrogen-bond acceptors (Lipinski definition) is 5. The largest absolute Gasteiger partial charge is 0.492 e. The van der Waals surface area contributed by atoms with Crippen LogP contribution >= 0.6 is 11.6 Å². The van der Waals surface area contributed by atoms with Gasteiger partial charge in [0, 0.05) is 12.3 Å². The van der Waals surface area contributed by atoms with E-state index in [1.54, 1.807) is 0 Å². The second kappa shape index (κ2) is 5.95. The van der Waals surface area contributed by atoms with Crippen molar-refractivity contribution in [2.45, 2.75) is 0 Å². The number of nitrogen functional groups attached to an aromatic ring is 1. The quantitative estimate of drug-likeness (QED) is 0.876. The Kier molecular flexibility index (Phi) is 4.24. The number of nitrogens with zero attached hydrogens (tertiary/aromatic N) is 2. The van der Waals surface area contributed by atoms with Crippen LogP contribution in [0.3, 0.4) is 0 Å². The van der Waals surface area contributed by atoms with Gasteiger partial charge in [0.1, 0.15) is 6.07 Å². The van der Waals surface area contributed by atoms with E-state index in [9.17, 15) is 9.18 Å². The summed E-state index contributed by atoms with van der Waals surface area (Å²) in [6.45, 7) is 0. The van der Waals surface area contributed by atoms with Crippen LogP contribution in [0.2, 0.25) is 5.02 Å². The molecule has 0 atom stereocenters. The van der Waals surface area contributed by atoms with Gasteiger partial charge in [0.15, 0.2) is 17.3 Å². The van der Waals surface area contributed by atoms with Crippen molar-refractivity contribution in [2.24, 2.45) is 0 Å². The highest BCUT2D eigenvalue weighted by Gasteiger charge is 2.23. The molecule has 6 nitrogen and oxygen atoms in total. The molecule has 0 radical (unpaired) electrons. The van der Waals surface area contributed by atoms with Gasteiger partial charge in [-0.3, -0.25) is 0 Å². The summed E-state index contributed by atoms with van der Waals surface area (Å²) in [5, 5.41) is 9.05. The number of rotatable bonds is 3. The van der Waals surface area contributed by atoms with Crippen LogP contribution in [-0.4, -0.2) is 24.8 Å². The van der Waals surface area contributed by atoms with Gasteiger partial charge >= 0.3 is 5.97 Å². The molecular formula is C14H11ClFN3O3. The van der Waals surface area contributed by atoms with E-state index in [1.165, 1.54) is 31.0 Å². The normalized spacial score (nSPS) is 10.1. The second-order valence-corrected chi connectivity index (χ2v) is 4.63. The molecule has 114 valence electrons. The summed E-state index contributed by atoms with van der Waals surface area (Å²) >= 11 is 5.94. The molecule has 0 bridgehead atoms. The highest BCUT2D eigenvalue weighted by atomic mass is 35.5. The molecule has 0 unspecified atom stereocenters. The van der Waals surface area contributed by atoms with Crippen LogP contribution in [0.25, 0.3) is 5.69 Å². The van der Waals surface area contributed by atoms with Gasteiger partial charge in [-0.2, -0.15) is 5.26 Å². The Labute approximate surface area is 130 Å². The maximum atomic E-state index is 14.0. The number of carbonyl (C=O) groups excluding carboxylic acids is 1. The summed E-state index contributed by atoms with van der Waals surface area (Å²) in [4.78, 5) is 11.9. The summed E-state index contributed by atoms with van der Waals surface area (Å²) in [5.74, 6) is -1.59. The SMILES string of the molecule is COC(=O)c1c(N)c(C#N)cn1-c1cc(F)c(OC)c(Cl)c1. The Morgan fingerprint density at radius 3 is 2.64 bits per heavy atom. The average molecular weight is 324 g/mol. The fraction of sp³-hybridized carbons (Fsp3) is 0.143. The number of methoxy groups -OCH3 is 2. The Hall–Kier alpha value is -2.72. The predicted molar refractivity (Wildman–Crippen MR) is 77.8 cm³/mol. The molecule has 2 aromatic rings. The fourth-order valence-corrected chi connectivity index (χ4v) is 2.28. The molecule has 8 heteroatoms. The zero-order chi connectivity index (χ0) is 16.4. The van der Waals surface area contributed by atoms with Gasteiger partial charge in [0.05, 0.1) is 36.2 Å². The molecule has 2 N–H and O–H groups in total. The number of esters is 1. The minimum absolute atomic E-state index is 0.0131. The van der Waals surface area contributed by atoms with Gasteiger partial charge in [0.25, 0.3) is 0 Å². The van der Waals surface area contributed by atoms with Crippen LogP contribution in [0.15, 0.2) is 18.3 Å². The van der Waals surface area contributed by atoms with Crippen molar-refractivity contribution < 1.29 is 18.7 Å². The molecule has 22 heavy (non-hydrogen) atoms. The number of aromatic nitrogens is 1. The van der Waals surface area contributed by atoms with E-state index in [0.29, 0.717) is 0 Å². The van der Waals surface area contributed by atoms with E-state index in [0.717, 1.165) is 6.07 Å². The molecular weight excluding hydrogens is 313 g/mol. The summed E-state index contributed by atoms with van der Waals surface area (Å²) in [6.07, 6.45) is 1.30. The van der Waals surface area contributed by atoms with Gasteiger partial charge in [-0.1, -0.05) is 11.6 Å². The molecule has 1 aromatic heterocycles. The topological polar surface area (TPSA) is 90.3 Å². The zero-order valence-electron chi connectivity index (χ0n) is 11.7. The summed E-state index contributed by atoms with van der Waals surface area (Å²) < 4.78 is 24.7. The molecule has 2 rings (SSSR count). The standard InChI is InChI=1S/C14H11ClFN3O3/c1-21-13-9(15)3-8(4-10(13)16)19-6-7(5-17)11(18)12(19)14(20)22-2/h3-4,6H,18H2,1-2H3. The van der Waals surface area contributed by atoms with Crippen molar-refractivity contribution in [1.29, 1.82) is 5.26 Å². The molecule has 0 saturated heterocycles. The van der Waals surface area contributed by atoms with Crippen molar-refractivity contribution in [3.05, 3.63) is 40.4 Å². The zero-order valence-corrected chi connectivity index (χ0v) is 12.4. The van der Waals surface area contributed by atoms with Gasteiger partial charge in [-0.15, -0.1) is 0 Å². The van der Waals surface area contributed by atoms with Gasteiger partial charge in [-0.25, -0.2) is 9.18 Å². The lowest BCUT2D eigenvalue weighted by Gasteiger charge is -2.11. The van der Waals surface area contributed by atoms with Crippen LogP contribution in [0.4, 0.5) is 10.1 Å². The number of hydrogen-bond donors (Lipinski definition) is 1. The van der Waals surface area contributed by atoms with E-state index in [1.807, 2.05) is 6.07 Å². The Morgan fingerprint density at radius 1 is 1.45 bits per heavy atom. The minimum Gasteiger partial charge on any atom is -0.492 e. The monoisotopic (exact) mass is 323 g/mol. The van der Waals surface area contributed by atoms with E-state index in [-0.39, 0.29) is 33.4 Å². The van der Waals surface area contributed by atoms with Crippen LogP contribution in [0, 0.1) is 17.1 Å². The number of nitriles is 1. The summed E-state index contributed by atoms with van der Waals surface area (Å²) in [5.41, 5.74) is 5.90. The molecule has 0 aliphatic carbocycles. The first-order chi connectivity index (χ1) is 10.4. The molecule has 0 saturated carbocycles. The first-order valence-electron chi connectivity index (χ1n) is 5.97. The molecule has 0 fully saturated rings. The third-order valence-corrected chi connectivity index (χ3v) is 3.29. The highest BCUT2D eigenvalue weighted by molar-refractivity contribution is 6.32. The number of ether oxygens (including phenoxy) is 2. The Bertz CT molecular complexity index is 772. The van der Waals surface area contributed by atoms with Gasteiger partial charge in [-0.05, 0) is 6.07 Å². The lowest BCUT2D eigenvalue weighted by atomic mass is 10.2. The van der Waals surface area contributed by atoms with E-state index in [2.05, 4.69) is 4.74 Å². The average Bonchev–Trinajstić information content (AvgIpc) is 2.83. The Morgan fingerprint density at radius 2 is 2.14 bits per heavy atom. The first kappa shape index (κ1) is 15.7. The van der Waals surface area contributed by atoms with E-state index in [4.69, 9.17) is 27.3 Å². The fourth-order valence-electron chi connectivity index (χ4n) is 2.00. The molecule has 0 aliphatic heterocycles. The first-order valence-corrected chi connectivity index (χ1v) is 6.35. The number of halogens is 2. The lowest BCUT2D eigenvalue weighted by molar-refractivity contribution is 0.0593. The third kappa shape index (κ3) is 2.44. The smallest absolute Gasteiger partial charge is 0.357 e. The number of benzene rings is 1. The number of carbonyl (C=O) groups is 1. The van der Waals surface area contributed by atoms with Crippen molar-refractivity contribution in [3.63, 3.8) is 0 Å². The Balaban J connectivity index is 2.73. The van der Waals surface area contributed by atoms with Crippen LogP contribution in [-0.2, 0) is 4.74 Å². The number of nitrogens with two attached hydrogens (primary N) is 1. The maximum absolute atomic E-state index is 14.0. The van der Waals surface area contributed by atoms with E-state index >= 15 is 0 Å². The molecule has 0 aliphatic rings. The molecule has 1 aromatic carbocycles. The van der Waals surface area contributed by atoms with Crippen LogP contribution < -0.4 is 10.5 Å². The van der Waals surface area contributed by atoms with Crippen molar-refractivity contribution >= 4 is 23.3 Å². The maximum Gasteiger partial charge on any atom is 0.357 e. The summed E-state index contributed by atoms with van der Waals surface area (Å²) in [6, 6.07) is 4.35. The predicted octanol–water partition coefficient (Wildman–Crippen LogP) is 2.52. The van der Waals surface area contributed by atoms with E-state index < -0.39 is 11.8 Å². The van der Waals surface area contributed by atoms with Crippen molar-refractivity contribution in [1.82, 2.24) is 4.57 Å². The molecule has 1 heterocycles. The van der Waals surface area contributed by atoms with Crippen LogP contribution in [0.5, 0.6) is 5.75 Å². The molecule has 0 amide bonds. The van der Waals surface area contributed by atoms with Crippen molar-refractivity contribution in [2.75, 3.05) is 20.0 Å². The highest BCUT2D eigenvalue weighted by Crippen LogP contribution is 2.32.